The van der Waals surface area contributed by atoms with Crippen LogP contribution in [0.4, 0.5) is 0 Å². The summed E-state index contributed by atoms with van der Waals surface area (Å²) in [4.78, 5) is 2.57. The third-order valence-corrected chi connectivity index (χ3v) is 4.51. The second-order valence-electron chi connectivity index (χ2n) is 5.69. The lowest BCUT2D eigenvalue weighted by Gasteiger charge is -2.41. The molecule has 1 saturated heterocycles. The molecule has 0 aromatic heterocycles. The van der Waals surface area contributed by atoms with Crippen molar-refractivity contribution in [1.29, 1.82) is 0 Å². The van der Waals surface area contributed by atoms with Crippen LogP contribution in [-0.4, -0.2) is 35.2 Å². The Morgan fingerprint density at radius 1 is 1.06 bits per heavy atom. The first kappa shape index (κ1) is 12.4. The maximum Gasteiger partial charge on any atom is 0.0695 e. The molecule has 0 bridgehead atoms. The highest BCUT2D eigenvalue weighted by atomic mass is 16.3. The SMILES string of the molecule is CCCC1CCN([C@@H]2CCCC[C@H]2O)CC1. The van der Waals surface area contributed by atoms with Crippen molar-refractivity contribution in [1.82, 2.24) is 4.90 Å². The van der Waals surface area contributed by atoms with E-state index in [9.17, 15) is 5.11 Å². The van der Waals surface area contributed by atoms with E-state index >= 15 is 0 Å². The van der Waals surface area contributed by atoms with Gasteiger partial charge in [-0.2, -0.15) is 0 Å². The molecule has 1 N–H and O–H groups in total. The van der Waals surface area contributed by atoms with Crippen molar-refractivity contribution >= 4 is 0 Å². The zero-order valence-corrected chi connectivity index (χ0v) is 10.7. The minimum Gasteiger partial charge on any atom is -0.391 e. The molecular weight excluding hydrogens is 198 g/mol. The summed E-state index contributed by atoms with van der Waals surface area (Å²) in [6.07, 6.45) is 10.2. The number of likely N-dealkylation sites (tertiary alicyclic amines) is 1. The van der Waals surface area contributed by atoms with Crippen molar-refractivity contribution in [2.45, 2.75) is 70.4 Å². The Labute approximate surface area is 100 Å². The van der Waals surface area contributed by atoms with Gasteiger partial charge in [-0.15, -0.1) is 0 Å². The minimum atomic E-state index is -0.0449. The van der Waals surface area contributed by atoms with Crippen LogP contribution < -0.4 is 0 Å². The van der Waals surface area contributed by atoms with Crippen molar-refractivity contribution in [3.8, 4) is 0 Å². The van der Waals surface area contributed by atoms with Crippen molar-refractivity contribution < 1.29 is 5.11 Å². The Morgan fingerprint density at radius 3 is 2.38 bits per heavy atom. The smallest absolute Gasteiger partial charge is 0.0695 e. The molecule has 16 heavy (non-hydrogen) atoms. The van der Waals surface area contributed by atoms with Crippen LogP contribution in [0.2, 0.25) is 0 Å². The number of hydrogen-bond acceptors (Lipinski definition) is 2. The maximum atomic E-state index is 10.0. The van der Waals surface area contributed by atoms with Crippen molar-refractivity contribution in [3.05, 3.63) is 0 Å². The minimum absolute atomic E-state index is 0.0449. The van der Waals surface area contributed by atoms with Gasteiger partial charge in [0.15, 0.2) is 0 Å². The van der Waals surface area contributed by atoms with Crippen LogP contribution >= 0.6 is 0 Å². The van der Waals surface area contributed by atoms with Crippen LogP contribution in [0.5, 0.6) is 0 Å². The van der Waals surface area contributed by atoms with Gasteiger partial charge in [0.05, 0.1) is 6.10 Å². The number of aliphatic hydroxyl groups is 1. The van der Waals surface area contributed by atoms with Crippen LogP contribution in [0.1, 0.15) is 58.3 Å². The lowest BCUT2D eigenvalue weighted by Crippen LogP contribution is -2.48. The predicted molar refractivity (Wildman–Crippen MR) is 67.5 cm³/mol. The van der Waals surface area contributed by atoms with E-state index in [0.717, 1.165) is 12.3 Å². The molecule has 94 valence electrons. The quantitative estimate of drug-likeness (QED) is 0.798. The normalized spacial score (nSPS) is 34.1. The second-order valence-corrected chi connectivity index (χ2v) is 5.69. The van der Waals surface area contributed by atoms with E-state index in [4.69, 9.17) is 0 Å². The third-order valence-electron chi connectivity index (χ3n) is 4.51. The van der Waals surface area contributed by atoms with E-state index < -0.39 is 0 Å². The molecule has 2 heteroatoms. The van der Waals surface area contributed by atoms with Gasteiger partial charge in [0, 0.05) is 6.04 Å². The van der Waals surface area contributed by atoms with Gasteiger partial charge in [-0.1, -0.05) is 32.6 Å². The zero-order valence-electron chi connectivity index (χ0n) is 10.7. The topological polar surface area (TPSA) is 23.5 Å². The first-order valence-electron chi connectivity index (χ1n) is 7.23. The molecule has 2 nitrogen and oxygen atoms in total. The van der Waals surface area contributed by atoms with E-state index in [0.29, 0.717) is 6.04 Å². The van der Waals surface area contributed by atoms with Gasteiger partial charge in [0.25, 0.3) is 0 Å². The molecule has 1 heterocycles. The van der Waals surface area contributed by atoms with Gasteiger partial charge in [-0.3, -0.25) is 4.90 Å². The zero-order chi connectivity index (χ0) is 11.4. The highest BCUT2D eigenvalue weighted by molar-refractivity contribution is 4.85. The van der Waals surface area contributed by atoms with Crippen LogP contribution in [0.25, 0.3) is 0 Å². The first-order valence-corrected chi connectivity index (χ1v) is 7.23. The average Bonchev–Trinajstić information content (AvgIpc) is 2.31. The molecule has 2 aliphatic rings. The molecule has 0 unspecified atom stereocenters. The summed E-state index contributed by atoms with van der Waals surface area (Å²) in [6, 6.07) is 0.483. The molecule has 0 radical (unpaired) electrons. The van der Waals surface area contributed by atoms with Gasteiger partial charge in [-0.05, 0) is 44.7 Å². The highest BCUT2D eigenvalue weighted by Crippen LogP contribution is 2.28. The van der Waals surface area contributed by atoms with E-state index in [1.807, 2.05) is 0 Å². The molecule has 1 aliphatic heterocycles. The number of nitrogens with zero attached hydrogens (tertiary/aromatic N) is 1. The largest absolute Gasteiger partial charge is 0.391 e. The summed E-state index contributed by atoms with van der Waals surface area (Å²) in [5, 5.41) is 10.0. The fourth-order valence-corrected chi connectivity index (χ4v) is 3.50. The Kier molecular flexibility index (Phi) is 4.66. The fraction of sp³-hybridized carbons (Fsp3) is 1.00. The summed E-state index contributed by atoms with van der Waals surface area (Å²) in [6.45, 7) is 4.75. The maximum absolute atomic E-state index is 10.0. The predicted octanol–water partition coefficient (Wildman–Crippen LogP) is 2.80. The molecule has 0 amide bonds. The molecule has 1 saturated carbocycles. The van der Waals surface area contributed by atoms with Crippen LogP contribution in [0.3, 0.4) is 0 Å². The van der Waals surface area contributed by atoms with Crippen LogP contribution in [0.15, 0.2) is 0 Å². The van der Waals surface area contributed by atoms with Gasteiger partial charge in [0.1, 0.15) is 0 Å². The standard InChI is InChI=1S/C14H27NO/c1-2-5-12-8-10-15(11-9-12)13-6-3-4-7-14(13)16/h12-14,16H,2-11H2,1H3/t13-,14-/m1/s1. The molecule has 2 atom stereocenters. The second kappa shape index (κ2) is 6.02. The van der Waals surface area contributed by atoms with Crippen molar-refractivity contribution in [3.63, 3.8) is 0 Å². The molecule has 2 fully saturated rings. The summed E-state index contributed by atoms with van der Waals surface area (Å²) in [7, 11) is 0. The van der Waals surface area contributed by atoms with E-state index in [1.165, 1.54) is 58.0 Å². The lowest BCUT2D eigenvalue weighted by atomic mass is 9.87. The molecule has 1 aliphatic carbocycles. The number of aliphatic hydroxyl groups excluding tert-OH is 1. The first-order chi connectivity index (χ1) is 7.81. The summed E-state index contributed by atoms with van der Waals surface area (Å²) in [5.41, 5.74) is 0. The number of hydrogen-bond donors (Lipinski definition) is 1. The monoisotopic (exact) mass is 225 g/mol. The molecule has 2 rings (SSSR count). The van der Waals surface area contributed by atoms with Gasteiger partial charge in [0.2, 0.25) is 0 Å². The Hall–Kier alpha value is -0.0800. The Bertz CT molecular complexity index is 199. The van der Waals surface area contributed by atoms with E-state index in [1.54, 1.807) is 0 Å². The number of piperidine rings is 1. The Balaban J connectivity index is 1.79. The Morgan fingerprint density at radius 2 is 1.75 bits per heavy atom. The lowest BCUT2D eigenvalue weighted by molar-refractivity contribution is 0.00340. The van der Waals surface area contributed by atoms with Gasteiger partial charge >= 0.3 is 0 Å². The number of rotatable bonds is 3. The van der Waals surface area contributed by atoms with Gasteiger partial charge in [-0.25, -0.2) is 0 Å². The summed E-state index contributed by atoms with van der Waals surface area (Å²) < 4.78 is 0. The average molecular weight is 225 g/mol. The van der Waals surface area contributed by atoms with E-state index in [-0.39, 0.29) is 6.10 Å². The molecular formula is C14H27NO. The van der Waals surface area contributed by atoms with Gasteiger partial charge < -0.3 is 5.11 Å². The molecule has 0 aromatic rings. The highest BCUT2D eigenvalue weighted by Gasteiger charge is 2.30. The molecule has 0 spiro atoms. The summed E-state index contributed by atoms with van der Waals surface area (Å²) >= 11 is 0. The van der Waals surface area contributed by atoms with Crippen molar-refractivity contribution in [2.24, 2.45) is 5.92 Å². The van der Waals surface area contributed by atoms with Crippen LogP contribution in [-0.2, 0) is 0 Å². The van der Waals surface area contributed by atoms with Crippen LogP contribution in [0, 0.1) is 5.92 Å². The summed E-state index contributed by atoms with van der Waals surface area (Å²) in [5.74, 6) is 0.960. The third kappa shape index (κ3) is 2.98. The van der Waals surface area contributed by atoms with E-state index in [2.05, 4.69) is 11.8 Å². The van der Waals surface area contributed by atoms with Crippen molar-refractivity contribution in [2.75, 3.05) is 13.1 Å². The molecule has 0 aromatic carbocycles. The fourth-order valence-electron chi connectivity index (χ4n) is 3.50.